The van der Waals surface area contributed by atoms with Crippen LogP contribution in [0.1, 0.15) is 19.2 Å². The van der Waals surface area contributed by atoms with Gasteiger partial charge in [0.2, 0.25) is 0 Å². The van der Waals surface area contributed by atoms with Gasteiger partial charge in [-0.1, -0.05) is 6.92 Å². The quantitative estimate of drug-likeness (QED) is 0.849. The van der Waals surface area contributed by atoms with E-state index < -0.39 is 0 Å². The zero-order chi connectivity index (χ0) is 13.7. The summed E-state index contributed by atoms with van der Waals surface area (Å²) in [4.78, 5) is 19.1. The van der Waals surface area contributed by atoms with Gasteiger partial charge in [-0.2, -0.15) is 5.10 Å². The maximum Gasteiger partial charge on any atom is 0.283 e. The van der Waals surface area contributed by atoms with Gasteiger partial charge >= 0.3 is 0 Å². The Labute approximate surface area is 119 Å². The van der Waals surface area contributed by atoms with Gasteiger partial charge < -0.3 is 10.3 Å². The number of hydrogen-bond donors (Lipinski definition) is 2. The normalized spacial score (nSPS) is 10.6. The molecule has 2 aromatic rings. The Morgan fingerprint density at radius 2 is 2.37 bits per heavy atom. The van der Waals surface area contributed by atoms with Crippen molar-refractivity contribution in [2.45, 2.75) is 26.3 Å². The van der Waals surface area contributed by atoms with Crippen molar-refractivity contribution in [3.05, 3.63) is 39.2 Å². The van der Waals surface area contributed by atoms with Gasteiger partial charge in [-0.05, 0) is 22.4 Å². The van der Waals surface area contributed by atoms with Crippen LogP contribution in [-0.4, -0.2) is 26.3 Å². The Balaban J connectivity index is 2.01. The predicted octanol–water partition coefficient (Wildman–Crippen LogP) is 1.79. The molecule has 0 saturated carbocycles. The highest BCUT2D eigenvalue weighted by Gasteiger charge is 2.07. The maximum absolute atomic E-state index is 12.0. The first kappa shape index (κ1) is 13.8. The first-order valence-corrected chi connectivity index (χ1v) is 6.99. The number of anilines is 1. The fourth-order valence-corrected chi connectivity index (χ4v) is 2.16. The third-order valence-corrected chi connectivity index (χ3v) is 3.42. The molecule has 6 nitrogen and oxygen atoms in total. The van der Waals surface area contributed by atoms with Crippen LogP contribution in [0.4, 0.5) is 5.69 Å². The Hall–Kier alpha value is -1.63. The van der Waals surface area contributed by atoms with Gasteiger partial charge in [0.15, 0.2) is 0 Å². The van der Waals surface area contributed by atoms with E-state index in [1.54, 1.807) is 18.6 Å². The first-order chi connectivity index (χ1) is 9.22. The molecule has 2 rings (SSSR count). The van der Waals surface area contributed by atoms with E-state index in [0.717, 1.165) is 18.7 Å². The molecule has 0 aliphatic carbocycles. The van der Waals surface area contributed by atoms with Crippen molar-refractivity contribution in [3.63, 3.8) is 0 Å². The number of halogens is 1. The molecule has 102 valence electrons. The molecule has 2 aromatic heterocycles. The Kier molecular flexibility index (Phi) is 4.73. The predicted molar refractivity (Wildman–Crippen MR) is 77.3 cm³/mol. The molecular weight excluding hydrogens is 310 g/mol. The molecule has 0 aromatic carbocycles. The summed E-state index contributed by atoms with van der Waals surface area (Å²) in [5, 5.41) is 7.31. The molecule has 0 fully saturated rings. The van der Waals surface area contributed by atoms with Gasteiger partial charge in [0.1, 0.15) is 10.3 Å². The standard InChI is InChI=1S/C12H16BrN5O/c1-2-7-18-12(19)11(13)9(8-17-18)14-4-3-10-15-5-6-16-10/h5-6,8,14H,2-4,7H2,1H3,(H,15,16). The fraction of sp³-hybridized carbons (Fsp3) is 0.417. The second-order valence-electron chi connectivity index (χ2n) is 4.11. The van der Waals surface area contributed by atoms with E-state index in [1.807, 2.05) is 6.92 Å². The van der Waals surface area contributed by atoms with Crippen LogP contribution < -0.4 is 10.9 Å². The number of aromatic amines is 1. The van der Waals surface area contributed by atoms with E-state index in [4.69, 9.17) is 0 Å². The van der Waals surface area contributed by atoms with Crippen molar-refractivity contribution < 1.29 is 0 Å². The molecule has 0 aliphatic heterocycles. The molecule has 0 bridgehead atoms. The number of H-pyrrole nitrogens is 1. The van der Waals surface area contributed by atoms with Crippen LogP contribution in [0.25, 0.3) is 0 Å². The van der Waals surface area contributed by atoms with Crippen LogP contribution >= 0.6 is 15.9 Å². The van der Waals surface area contributed by atoms with Crippen molar-refractivity contribution >= 4 is 21.6 Å². The average molecular weight is 326 g/mol. The summed E-state index contributed by atoms with van der Waals surface area (Å²) in [7, 11) is 0. The number of aryl methyl sites for hydroxylation is 1. The molecule has 0 atom stereocenters. The molecule has 19 heavy (non-hydrogen) atoms. The summed E-state index contributed by atoms with van der Waals surface area (Å²) in [6.07, 6.45) is 6.82. The number of hydrogen-bond acceptors (Lipinski definition) is 4. The minimum Gasteiger partial charge on any atom is -0.382 e. The molecule has 2 heterocycles. The Morgan fingerprint density at radius 1 is 1.53 bits per heavy atom. The van der Waals surface area contributed by atoms with E-state index in [0.29, 0.717) is 23.2 Å². The average Bonchev–Trinajstić information content (AvgIpc) is 2.91. The summed E-state index contributed by atoms with van der Waals surface area (Å²) in [5.41, 5.74) is 0.605. The second-order valence-corrected chi connectivity index (χ2v) is 4.91. The van der Waals surface area contributed by atoms with Gasteiger partial charge in [0, 0.05) is 31.9 Å². The molecule has 2 N–H and O–H groups in total. The summed E-state index contributed by atoms with van der Waals surface area (Å²) in [6.45, 7) is 3.33. The molecule has 0 amide bonds. The van der Waals surface area contributed by atoms with Crippen LogP contribution in [-0.2, 0) is 13.0 Å². The zero-order valence-corrected chi connectivity index (χ0v) is 12.3. The summed E-state index contributed by atoms with van der Waals surface area (Å²) in [5.74, 6) is 0.913. The largest absolute Gasteiger partial charge is 0.382 e. The lowest BCUT2D eigenvalue weighted by molar-refractivity contribution is 0.566. The van der Waals surface area contributed by atoms with Crippen molar-refractivity contribution in [1.82, 2.24) is 19.7 Å². The number of nitrogens with one attached hydrogen (secondary N) is 2. The highest BCUT2D eigenvalue weighted by Crippen LogP contribution is 2.15. The molecular formula is C12H16BrN5O. The lowest BCUT2D eigenvalue weighted by Crippen LogP contribution is -2.24. The molecule has 0 unspecified atom stereocenters. The van der Waals surface area contributed by atoms with Crippen molar-refractivity contribution in [2.24, 2.45) is 0 Å². The highest BCUT2D eigenvalue weighted by molar-refractivity contribution is 9.10. The zero-order valence-electron chi connectivity index (χ0n) is 10.7. The Bertz CT molecular complexity index is 578. The monoisotopic (exact) mass is 325 g/mol. The maximum atomic E-state index is 12.0. The third kappa shape index (κ3) is 3.44. The van der Waals surface area contributed by atoms with Crippen molar-refractivity contribution in [2.75, 3.05) is 11.9 Å². The van der Waals surface area contributed by atoms with Gasteiger partial charge in [-0.25, -0.2) is 9.67 Å². The van der Waals surface area contributed by atoms with E-state index in [9.17, 15) is 4.79 Å². The highest BCUT2D eigenvalue weighted by atomic mass is 79.9. The molecule has 0 aliphatic rings. The summed E-state index contributed by atoms with van der Waals surface area (Å²) in [6, 6.07) is 0. The Morgan fingerprint density at radius 3 is 3.05 bits per heavy atom. The van der Waals surface area contributed by atoms with Gasteiger partial charge in [0.25, 0.3) is 5.56 Å². The topological polar surface area (TPSA) is 75.6 Å². The first-order valence-electron chi connectivity index (χ1n) is 6.20. The smallest absolute Gasteiger partial charge is 0.283 e. The minimum absolute atomic E-state index is 0.107. The SMILES string of the molecule is CCCn1ncc(NCCc2ncc[nH]2)c(Br)c1=O. The number of imidazole rings is 1. The van der Waals surface area contributed by atoms with Crippen LogP contribution in [0.15, 0.2) is 27.9 Å². The van der Waals surface area contributed by atoms with E-state index in [2.05, 4.69) is 36.3 Å². The molecule has 0 saturated heterocycles. The lowest BCUT2D eigenvalue weighted by Gasteiger charge is -2.09. The summed E-state index contributed by atoms with van der Waals surface area (Å²) >= 11 is 3.32. The van der Waals surface area contributed by atoms with Gasteiger partial charge in [-0.3, -0.25) is 4.79 Å². The number of aromatic nitrogens is 4. The van der Waals surface area contributed by atoms with Gasteiger partial charge in [-0.15, -0.1) is 0 Å². The van der Waals surface area contributed by atoms with Crippen molar-refractivity contribution in [1.29, 1.82) is 0 Å². The van der Waals surface area contributed by atoms with Crippen LogP contribution in [0.3, 0.4) is 0 Å². The molecule has 7 heteroatoms. The number of nitrogens with zero attached hydrogens (tertiary/aromatic N) is 3. The van der Waals surface area contributed by atoms with Crippen LogP contribution in [0, 0.1) is 0 Å². The molecule has 0 spiro atoms. The second kappa shape index (κ2) is 6.51. The van der Waals surface area contributed by atoms with Gasteiger partial charge in [0.05, 0.1) is 11.9 Å². The third-order valence-electron chi connectivity index (χ3n) is 2.65. The summed E-state index contributed by atoms with van der Waals surface area (Å²) < 4.78 is 1.98. The van der Waals surface area contributed by atoms with Crippen LogP contribution in [0.5, 0.6) is 0 Å². The van der Waals surface area contributed by atoms with E-state index in [-0.39, 0.29) is 5.56 Å². The van der Waals surface area contributed by atoms with Crippen LogP contribution in [0.2, 0.25) is 0 Å². The minimum atomic E-state index is -0.107. The number of rotatable bonds is 6. The lowest BCUT2D eigenvalue weighted by atomic mass is 10.3. The van der Waals surface area contributed by atoms with E-state index in [1.165, 1.54) is 4.68 Å². The van der Waals surface area contributed by atoms with Crippen molar-refractivity contribution in [3.8, 4) is 0 Å². The fourth-order valence-electron chi connectivity index (χ4n) is 1.71. The van der Waals surface area contributed by atoms with E-state index >= 15 is 0 Å². The molecule has 0 radical (unpaired) electrons.